The molecular weight excluding hydrogens is 404 g/mol. The maximum absolute atomic E-state index is 13.3. The van der Waals surface area contributed by atoms with Gasteiger partial charge in [0, 0.05) is 28.2 Å². The van der Waals surface area contributed by atoms with E-state index in [1.165, 1.54) is 18.2 Å². The summed E-state index contributed by atoms with van der Waals surface area (Å²) in [4.78, 5) is 28.9. The zero-order valence-electron chi connectivity index (χ0n) is 15.8. The number of benzene rings is 2. The number of fused-ring (bicyclic) bond motifs is 2. The number of hydrogen-bond donors (Lipinski definition) is 2. The van der Waals surface area contributed by atoms with Gasteiger partial charge < -0.3 is 5.11 Å². The number of nitrogens with zero attached hydrogens (tertiary/aromatic N) is 1. The fraction of sp³-hybridized carbons (Fsp3) is 0.0455. The largest absolute Gasteiger partial charge is 0.478 e. The molecule has 7 nitrogen and oxygen atoms in total. The summed E-state index contributed by atoms with van der Waals surface area (Å²) in [6.45, 7) is 0. The Hall–Kier alpha value is -3.78. The summed E-state index contributed by atoms with van der Waals surface area (Å²) >= 11 is 0. The SMILES string of the molecule is CS(=O)(=O)Nc1ccc2ccc3ncc(-c4cccc(C(=O)O)c4)cc3c(=O)c2c1. The fourth-order valence-corrected chi connectivity index (χ4v) is 3.82. The highest BCUT2D eigenvalue weighted by Crippen LogP contribution is 2.24. The summed E-state index contributed by atoms with van der Waals surface area (Å²) in [5, 5.41) is 10.6. The lowest BCUT2D eigenvalue weighted by atomic mass is 10.0. The summed E-state index contributed by atoms with van der Waals surface area (Å²) in [5.41, 5.74) is 1.83. The van der Waals surface area contributed by atoms with Gasteiger partial charge in [-0.25, -0.2) is 13.2 Å². The number of rotatable bonds is 4. The standard InChI is InChI=1S/C22H16N2O5S/c1-30(28,29)24-17-7-5-13-6-8-20-19(21(25)18(13)11-17)10-16(12-23-20)14-3-2-4-15(9-14)22(26)27/h2-12,24H,1H3,(H,26,27). The van der Waals surface area contributed by atoms with Gasteiger partial charge in [0.2, 0.25) is 10.0 Å². The summed E-state index contributed by atoms with van der Waals surface area (Å²) in [6, 6.07) is 16.3. The third-order valence-corrected chi connectivity index (χ3v) is 5.23. The molecule has 30 heavy (non-hydrogen) atoms. The van der Waals surface area contributed by atoms with E-state index in [2.05, 4.69) is 9.71 Å². The van der Waals surface area contributed by atoms with Gasteiger partial charge in [-0.1, -0.05) is 24.3 Å². The first kappa shape index (κ1) is 19.5. The molecule has 4 rings (SSSR count). The minimum absolute atomic E-state index is 0.135. The van der Waals surface area contributed by atoms with Crippen LogP contribution in [0.3, 0.4) is 0 Å². The Morgan fingerprint density at radius 3 is 2.47 bits per heavy atom. The van der Waals surface area contributed by atoms with E-state index in [1.807, 2.05) is 0 Å². The molecule has 1 aromatic heterocycles. The zero-order valence-corrected chi connectivity index (χ0v) is 16.6. The normalized spacial score (nSPS) is 11.5. The minimum Gasteiger partial charge on any atom is -0.478 e. The van der Waals surface area contributed by atoms with Gasteiger partial charge in [0.05, 0.1) is 17.3 Å². The van der Waals surface area contributed by atoms with Gasteiger partial charge in [0.15, 0.2) is 5.43 Å². The summed E-state index contributed by atoms with van der Waals surface area (Å²) in [5.74, 6) is -1.04. The lowest BCUT2D eigenvalue weighted by molar-refractivity contribution is 0.0697. The Labute approximate surface area is 171 Å². The van der Waals surface area contributed by atoms with E-state index >= 15 is 0 Å². The maximum Gasteiger partial charge on any atom is 0.335 e. The van der Waals surface area contributed by atoms with Crippen molar-refractivity contribution in [1.82, 2.24) is 4.98 Å². The lowest BCUT2D eigenvalue weighted by Crippen LogP contribution is -2.10. The molecule has 0 spiro atoms. The third kappa shape index (κ3) is 3.85. The number of anilines is 1. The Balaban J connectivity index is 1.95. The molecule has 1 heterocycles. The monoisotopic (exact) mass is 420 g/mol. The van der Waals surface area contributed by atoms with E-state index < -0.39 is 16.0 Å². The smallest absolute Gasteiger partial charge is 0.335 e. The average Bonchev–Trinajstić information content (AvgIpc) is 2.83. The van der Waals surface area contributed by atoms with Crippen LogP contribution in [0.4, 0.5) is 5.69 Å². The molecule has 8 heteroatoms. The zero-order chi connectivity index (χ0) is 21.5. The molecule has 3 aromatic carbocycles. The molecule has 0 saturated carbocycles. The van der Waals surface area contributed by atoms with E-state index in [0.29, 0.717) is 38.5 Å². The highest BCUT2D eigenvalue weighted by atomic mass is 32.2. The Kier molecular flexibility index (Phi) is 4.71. The molecule has 150 valence electrons. The van der Waals surface area contributed by atoms with E-state index in [9.17, 15) is 23.1 Å². The molecule has 2 N–H and O–H groups in total. The number of sulfonamides is 1. The molecule has 0 fully saturated rings. The first-order chi connectivity index (χ1) is 14.2. The molecule has 4 aromatic rings. The highest BCUT2D eigenvalue weighted by Gasteiger charge is 2.10. The summed E-state index contributed by atoms with van der Waals surface area (Å²) in [7, 11) is -3.48. The molecule has 0 atom stereocenters. The first-order valence-electron chi connectivity index (χ1n) is 8.90. The average molecular weight is 420 g/mol. The van der Waals surface area contributed by atoms with Crippen molar-refractivity contribution in [1.29, 1.82) is 0 Å². The molecule has 0 saturated heterocycles. The van der Waals surface area contributed by atoms with Crippen molar-refractivity contribution in [2.45, 2.75) is 0 Å². The van der Waals surface area contributed by atoms with Gasteiger partial charge in [0.25, 0.3) is 0 Å². The van der Waals surface area contributed by atoms with Crippen molar-refractivity contribution in [2.75, 3.05) is 11.0 Å². The number of carbonyl (C=O) groups is 1. The van der Waals surface area contributed by atoms with Crippen LogP contribution in [0.2, 0.25) is 0 Å². The summed E-state index contributed by atoms with van der Waals surface area (Å²) < 4.78 is 25.4. The predicted molar refractivity (Wildman–Crippen MR) is 116 cm³/mol. The van der Waals surface area contributed by atoms with Crippen molar-refractivity contribution in [3.8, 4) is 11.1 Å². The molecule has 0 amide bonds. The number of nitrogens with one attached hydrogen (secondary N) is 1. The van der Waals surface area contributed by atoms with Gasteiger partial charge in [-0.3, -0.25) is 14.5 Å². The van der Waals surface area contributed by atoms with Crippen LogP contribution in [0.15, 0.2) is 71.7 Å². The second-order valence-corrected chi connectivity index (χ2v) is 8.63. The van der Waals surface area contributed by atoms with Gasteiger partial charge in [-0.15, -0.1) is 0 Å². The topological polar surface area (TPSA) is 113 Å². The second kappa shape index (κ2) is 7.23. The molecule has 0 aliphatic heterocycles. The fourth-order valence-electron chi connectivity index (χ4n) is 3.27. The highest BCUT2D eigenvalue weighted by molar-refractivity contribution is 7.92. The third-order valence-electron chi connectivity index (χ3n) is 4.63. The van der Waals surface area contributed by atoms with Crippen LogP contribution in [-0.4, -0.2) is 30.7 Å². The van der Waals surface area contributed by atoms with E-state index in [0.717, 1.165) is 6.26 Å². The number of aromatic nitrogens is 1. The Morgan fingerprint density at radius 2 is 1.73 bits per heavy atom. The number of aromatic carboxylic acids is 1. The Morgan fingerprint density at radius 1 is 0.967 bits per heavy atom. The van der Waals surface area contributed by atoms with Crippen molar-refractivity contribution in [2.24, 2.45) is 0 Å². The lowest BCUT2D eigenvalue weighted by Gasteiger charge is -2.04. The number of hydrogen-bond acceptors (Lipinski definition) is 5. The molecule has 0 bridgehead atoms. The van der Waals surface area contributed by atoms with Crippen LogP contribution < -0.4 is 10.2 Å². The number of pyridine rings is 1. The second-order valence-electron chi connectivity index (χ2n) is 6.88. The van der Waals surface area contributed by atoms with Gasteiger partial charge >= 0.3 is 5.97 Å². The van der Waals surface area contributed by atoms with Crippen molar-refractivity contribution in [3.05, 3.63) is 82.6 Å². The van der Waals surface area contributed by atoms with Gasteiger partial charge in [-0.05, 0) is 47.3 Å². The van der Waals surface area contributed by atoms with E-state index in [1.54, 1.807) is 48.7 Å². The number of carboxylic acid groups (broad SMARTS) is 1. The molecule has 0 unspecified atom stereocenters. The molecule has 0 aliphatic rings. The van der Waals surface area contributed by atoms with E-state index in [4.69, 9.17) is 0 Å². The van der Waals surface area contributed by atoms with Crippen LogP contribution in [0.1, 0.15) is 10.4 Å². The van der Waals surface area contributed by atoms with Crippen LogP contribution in [0, 0.1) is 0 Å². The van der Waals surface area contributed by atoms with Crippen LogP contribution >= 0.6 is 0 Å². The molecule has 0 radical (unpaired) electrons. The molecule has 0 aliphatic carbocycles. The van der Waals surface area contributed by atoms with Crippen LogP contribution in [-0.2, 0) is 10.0 Å². The van der Waals surface area contributed by atoms with E-state index in [-0.39, 0.29) is 11.0 Å². The van der Waals surface area contributed by atoms with Gasteiger partial charge in [0.1, 0.15) is 0 Å². The van der Waals surface area contributed by atoms with Crippen LogP contribution in [0.25, 0.3) is 32.8 Å². The summed E-state index contributed by atoms with van der Waals surface area (Å²) in [6.07, 6.45) is 2.63. The van der Waals surface area contributed by atoms with Crippen LogP contribution in [0.5, 0.6) is 0 Å². The van der Waals surface area contributed by atoms with Gasteiger partial charge in [-0.2, -0.15) is 0 Å². The maximum atomic E-state index is 13.3. The Bertz CT molecular complexity index is 1500. The predicted octanol–water partition coefficient (Wildman–Crippen LogP) is 3.48. The quantitative estimate of drug-likeness (QED) is 0.523. The molecular formula is C22H16N2O5S. The van der Waals surface area contributed by atoms with Crippen molar-refractivity contribution in [3.63, 3.8) is 0 Å². The van der Waals surface area contributed by atoms with Crippen molar-refractivity contribution < 1.29 is 18.3 Å². The minimum atomic E-state index is -3.48. The van der Waals surface area contributed by atoms with Crippen molar-refractivity contribution >= 4 is 43.4 Å². The first-order valence-corrected chi connectivity index (χ1v) is 10.8. The number of carboxylic acids is 1.